The molecule has 0 aromatic carbocycles. The molecule has 7 nitrogen and oxygen atoms in total. The van der Waals surface area contributed by atoms with Crippen molar-refractivity contribution in [1.82, 2.24) is 19.7 Å². The molecule has 0 spiro atoms. The van der Waals surface area contributed by atoms with Gasteiger partial charge in [-0.2, -0.15) is 0 Å². The van der Waals surface area contributed by atoms with Crippen LogP contribution in [0, 0.1) is 6.92 Å². The summed E-state index contributed by atoms with van der Waals surface area (Å²) in [5, 5.41) is 17.5. The van der Waals surface area contributed by atoms with Crippen molar-refractivity contribution in [2.24, 2.45) is 0 Å². The summed E-state index contributed by atoms with van der Waals surface area (Å²) in [7, 11) is 0. The van der Waals surface area contributed by atoms with E-state index in [1.165, 1.54) is 16.2 Å². The molecule has 3 heterocycles. The Bertz CT molecular complexity index is 772. The van der Waals surface area contributed by atoms with Gasteiger partial charge in [-0.1, -0.05) is 0 Å². The summed E-state index contributed by atoms with van der Waals surface area (Å²) < 4.78 is 2.70. The minimum absolute atomic E-state index is 0.160. The molecule has 23 heavy (non-hydrogen) atoms. The first-order valence-electron chi connectivity index (χ1n) is 7.05. The maximum Gasteiger partial charge on any atom is 0.328 e. The largest absolute Gasteiger partial charge is 0.480 e. The van der Waals surface area contributed by atoms with Gasteiger partial charge in [0, 0.05) is 4.88 Å². The Hall–Kier alpha value is -1.74. The maximum absolute atomic E-state index is 12.8. The fourth-order valence-corrected chi connectivity index (χ4v) is 4.16. The van der Waals surface area contributed by atoms with Gasteiger partial charge in [0.15, 0.2) is 5.82 Å². The molecule has 9 heteroatoms. The van der Waals surface area contributed by atoms with Crippen molar-refractivity contribution in [1.29, 1.82) is 0 Å². The number of amides is 1. The fourth-order valence-electron chi connectivity index (χ4n) is 2.69. The number of carbonyl (C=O) groups excluding carboxylic acids is 1. The van der Waals surface area contributed by atoms with E-state index in [9.17, 15) is 14.7 Å². The van der Waals surface area contributed by atoms with E-state index in [0.717, 1.165) is 8.66 Å². The average Bonchev–Trinajstić information content (AvgIpc) is 3.11. The third-order valence-corrected chi connectivity index (χ3v) is 5.82. The Morgan fingerprint density at radius 3 is 2.78 bits per heavy atom. The normalized spacial score (nSPS) is 18.6. The van der Waals surface area contributed by atoms with Gasteiger partial charge in [-0.3, -0.25) is 4.79 Å². The number of fused-ring (bicyclic) bond motifs is 1. The Morgan fingerprint density at radius 2 is 2.17 bits per heavy atom. The van der Waals surface area contributed by atoms with Gasteiger partial charge in [-0.05, 0) is 41.9 Å². The summed E-state index contributed by atoms with van der Waals surface area (Å²) in [6, 6.07) is 2.86. The summed E-state index contributed by atoms with van der Waals surface area (Å²) in [5.41, 5.74) is 0. The van der Waals surface area contributed by atoms with Crippen LogP contribution in [-0.2, 0) is 22.7 Å². The molecular weight excluding hydrogens is 384 g/mol. The zero-order valence-corrected chi connectivity index (χ0v) is 15.0. The van der Waals surface area contributed by atoms with Gasteiger partial charge in [-0.15, -0.1) is 21.5 Å². The van der Waals surface area contributed by atoms with Crippen LogP contribution < -0.4 is 0 Å². The summed E-state index contributed by atoms with van der Waals surface area (Å²) in [4.78, 5) is 26.7. The molecular formula is C14H15BrN4O3S. The molecule has 3 rings (SSSR count). The third kappa shape index (κ3) is 2.90. The van der Waals surface area contributed by atoms with E-state index in [-0.39, 0.29) is 19.0 Å². The molecule has 2 unspecified atom stereocenters. The fraction of sp³-hybridized carbons (Fsp3) is 0.429. The number of rotatable bonds is 3. The number of hydrogen-bond acceptors (Lipinski definition) is 5. The molecule has 0 bridgehead atoms. The molecule has 2 aromatic rings. The lowest BCUT2D eigenvalue weighted by atomic mass is 10.1. The Balaban J connectivity index is 1.90. The van der Waals surface area contributed by atoms with Crippen molar-refractivity contribution in [3.63, 3.8) is 0 Å². The van der Waals surface area contributed by atoms with Crippen molar-refractivity contribution in [2.45, 2.75) is 38.9 Å². The van der Waals surface area contributed by atoms with E-state index in [4.69, 9.17) is 0 Å². The van der Waals surface area contributed by atoms with Crippen molar-refractivity contribution in [3.8, 4) is 0 Å². The highest BCUT2D eigenvalue weighted by molar-refractivity contribution is 9.11. The molecule has 122 valence electrons. The quantitative estimate of drug-likeness (QED) is 0.853. The molecule has 0 radical (unpaired) electrons. The lowest BCUT2D eigenvalue weighted by Gasteiger charge is -2.34. The van der Waals surface area contributed by atoms with Gasteiger partial charge >= 0.3 is 5.97 Å². The Kier molecular flexibility index (Phi) is 4.24. The molecule has 2 atom stereocenters. The number of carbonyl (C=O) groups is 2. The van der Waals surface area contributed by atoms with Crippen molar-refractivity contribution < 1.29 is 14.7 Å². The highest BCUT2D eigenvalue weighted by Crippen LogP contribution is 2.31. The van der Waals surface area contributed by atoms with Gasteiger partial charge in [-0.25, -0.2) is 4.79 Å². The van der Waals surface area contributed by atoms with Gasteiger partial charge in [0.25, 0.3) is 0 Å². The number of halogens is 1. The van der Waals surface area contributed by atoms with Crippen LogP contribution in [0.25, 0.3) is 0 Å². The molecule has 1 aliphatic heterocycles. The minimum atomic E-state index is -1.02. The molecule has 1 aliphatic rings. The molecule has 0 saturated carbocycles. The van der Waals surface area contributed by atoms with Crippen LogP contribution in [0.3, 0.4) is 0 Å². The predicted octanol–water partition coefficient (Wildman–Crippen LogP) is 2.01. The third-order valence-electron chi connectivity index (χ3n) is 4.02. The number of carboxylic acid groups (broad SMARTS) is 1. The van der Waals surface area contributed by atoms with E-state index in [0.29, 0.717) is 11.6 Å². The van der Waals surface area contributed by atoms with Gasteiger partial charge in [0.05, 0.1) is 22.8 Å². The zero-order chi connectivity index (χ0) is 16.7. The number of nitrogens with zero attached hydrogens (tertiary/aromatic N) is 4. The molecule has 2 aromatic heterocycles. The number of aryl methyl sites for hydroxylation is 1. The first-order chi connectivity index (χ1) is 10.9. The van der Waals surface area contributed by atoms with E-state index in [1.807, 2.05) is 12.1 Å². The smallest absolute Gasteiger partial charge is 0.328 e. The Morgan fingerprint density at radius 1 is 1.43 bits per heavy atom. The number of aromatic nitrogens is 3. The van der Waals surface area contributed by atoms with Crippen LogP contribution in [0.5, 0.6) is 0 Å². The molecule has 1 N–H and O–H groups in total. The maximum atomic E-state index is 12.8. The van der Waals surface area contributed by atoms with Crippen LogP contribution in [0.4, 0.5) is 0 Å². The minimum Gasteiger partial charge on any atom is -0.480 e. The summed E-state index contributed by atoms with van der Waals surface area (Å²) in [5.74, 6) is -0.347. The second kappa shape index (κ2) is 6.04. The van der Waals surface area contributed by atoms with Crippen molar-refractivity contribution in [3.05, 3.63) is 32.4 Å². The highest BCUT2D eigenvalue weighted by Gasteiger charge is 2.38. The second-order valence-corrected chi connectivity index (χ2v) is 7.95. The number of carboxylic acids is 1. The lowest BCUT2D eigenvalue weighted by Crippen LogP contribution is -2.51. The van der Waals surface area contributed by atoms with Crippen LogP contribution in [-0.4, -0.2) is 42.7 Å². The first-order valence-corrected chi connectivity index (χ1v) is 8.66. The van der Waals surface area contributed by atoms with Crippen LogP contribution in [0.1, 0.15) is 29.4 Å². The van der Waals surface area contributed by atoms with Gasteiger partial charge in [0.2, 0.25) is 5.91 Å². The predicted molar refractivity (Wildman–Crippen MR) is 87.2 cm³/mol. The van der Waals surface area contributed by atoms with Crippen molar-refractivity contribution in [2.75, 3.05) is 0 Å². The molecule has 1 amide bonds. The SMILES string of the molecule is Cc1nnc2n1CC(C(=O)O)N(C(=O)C(C)c1ccc(Br)s1)C2. The Labute approximate surface area is 145 Å². The van der Waals surface area contributed by atoms with E-state index in [2.05, 4.69) is 26.1 Å². The first kappa shape index (κ1) is 16.1. The molecule has 0 aliphatic carbocycles. The summed E-state index contributed by atoms with van der Waals surface area (Å²) in [6.07, 6.45) is 0. The van der Waals surface area contributed by atoms with E-state index in [1.54, 1.807) is 18.4 Å². The zero-order valence-electron chi connectivity index (χ0n) is 12.6. The molecule has 0 fully saturated rings. The summed E-state index contributed by atoms with van der Waals surface area (Å²) >= 11 is 4.86. The standard InChI is InChI=1S/C14H15BrN4O3S/c1-7(10-3-4-11(15)23-10)13(20)19-6-12-17-16-8(2)18(12)5-9(19)14(21)22/h3-4,7,9H,5-6H2,1-2H3,(H,21,22). The van der Waals surface area contributed by atoms with Crippen LogP contribution in [0.15, 0.2) is 15.9 Å². The van der Waals surface area contributed by atoms with Gasteiger partial charge < -0.3 is 14.6 Å². The second-order valence-electron chi connectivity index (χ2n) is 5.46. The van der Waals surface area contributed by atoms with Crippen LogP contribution >= 0.6 is 27.3 Å². The van der Waals surface area contributed by atoms with Gasteiger partial charge in [0.1, 0.15) is 11.9 Å². The number of hydrogen-bond donors (Lipinski definition) is 1. The monoisotopic (exact) mass is 398 g/mol. The topological polar surface area (TPSA) is 88.3 Å². The average molecular weight is 399 g/mol. The number of aliphatic carboxylic acids is 1. The number of thiophene rings is 1. The van der Waals surface area contributed by atoms with E-state index >= 15 is 0 Å². The van der Waals surface area contributed by atoms with Crippen molar-refractivity contribution >= 4 is 39.1 Å². The summed E-state index contributed by atoms with van der Waals surface area (Å²) in [6.45, 7) is 3.91. The van der Waals surface area contributed by atoms with Crippen LogP contribution in [0.2, 0.25) is 0 Å². The van der Waals surface area contributed by atoms with E-state index < -0.39 is 17.9 Å². The lowest BCUT2D eigenvalue weighted by molar-refractivity contribution is -0.153. The molecule has 0 saturated heterocycles. The highest BCUT2D eigenvalue weighted by atomic mass is 79.9.